The van der Waals surface area contributed by atoms with Crippen LogP contribution < -0.4 is 15.0 Å². The molecule has 7 heteroatoms. The van der Waals surface area contributed by atoms with Crippen LogP contribution in [0.4, 0.5) is 11.8 Å². The van der Waals surface area contributed by atoms with Crippen molar-refractivity contribution in [1.29, 1.82) is 0 Å². The molecule has 1 fully saturated rings. The zero-order valence-electron chi connectivity index (χ0n) is 15.6. The third-order valence-electron chi connectivity index (χ3n) is 4.56. The summed E-state index contributed by atoms with van der Waals surface area (Å²) in [5.74, 6) is 2.31. The summed E-state index contributed by atoms with van der Waals surface area (Å²) < 4.78 is 5.32. The highest BCUT2D eigenvalue weighted by Crippen LogP contribution is 2.29. The summed E-state index contributed by atoms with van der Waals surface area (Å²) in [7, 11) is 5.54. The van der Waals surface area contributed by atoms with Gasteiger partial charge >= 0.3 is 0 Å². The molecule has 1 atom stereocenters. The molecule has 1 unspecified atom stereocenters. The van der Waals surface area contributed by atoms with Crippen molar-refractivity contribution in [3.05, 3.63) is 41.0 Å². The number of rotatable bonds is 6. The number of halogens is 1. The lowest BCUT2D eigenvalue weighted by atomic mass is 10.0. The van der Waals surface area contributed by atoms with Crippen molar-refractivity contribution in [2.24, 2.45) is 0 Å². The monoisotopic (exact) mass is 375 g/mol. The molecular weight excluding hydrogens is 350 g/mol. The minimum atomic E-state index is 0.359. The summed E-state index contributed by atoms with van der Waals surface area (Å²) >= 11 is 6.45. The van der Waals surface area contributed by atoms with Crippen LogP contribution in [0.1, 0.15) is 18.4 Å². The van der Waals surface area contributed by atoms with E-state index in [-0.39, 0.29) is 0 Å². The molecule has 26 heavy (non-hydrogen) atoms. The highest BCUT2D eigenvalue weighted by molar-refractivity contribution is 6.32. The Kier molecular flexibility index (Phi) is 6.16. The number of hydrogen-bond donors (Lipinski definition) is 1. The van der Waals surface area contributed by atoms with Crippen molar-refractivity contribution >= 4 is 23.4 Å². The second kappa shape index (κ2) is 8.56. The molecule has 0 amide bonds. The zero-order valence-corrected chi connectivity index (χ0v) is 16.3. The number of hydrogen-bond acceptors (Lipinski definition) is 6. The number of piperidine rings is 1. The Hall–Kier alpha value is -2.05. The number of anilines is 2. The van der Waals surface area contributed by atoms with Gasteiger partial charge in [0, 0.05) is 39.4 Å². The van der Waals surface area contributed by atoms with E-state index in [1.807, 2.05) is 37.2 Å². The molecule has 0 aliphatic carbocycles. The third-order valence-corrected chi connectivity index (χ3v) is 4.99. The van der Waals surface area contributed by atoms with Gasteiger partial charge in [-0.2, -0.15) is 4.98 Å². The molecular formula is C19H26ClN5O. The van der Waals surface area contributed by atoms with Gasteiger partial charge in [-0.25, -0.2) is 4.98 Å². The highest BCUT2D eigenvalue weighted by Gasteiger charge is 2.21. The first-order valence-corrected chi connectivity index (χ1v) is 9.25. The number of likely N-dealkylation sites (tertiary alicyclic amines) is 1. The standard InChI is InChI=1S/C19H26ClN5O/c1-24(2)19-21-10-9-17(23-19)22-15-7-5-11-25(13-15)12-14-6-4-8-16(26-3)18(14)20/h4,6,8-10,15H,5,7,11-13H2,1-3H3,(H,21,22,23). The smallest absolute Gasteiger partial charge is 0.226 e. The first-order valence-electron chi connectivity index (χ1n) is 8.87. The largest absolute Gasteiger partial charge is 0.495 e. The van der Waals surface area contributed by atoms with Crippen LogP contribution in [0.3, 0.4) is 0 Å². The van der Waals surface area contributed by atoms with Crippen LogP contribution in [0.15, 0.2) is 30.5 Å². The number of nitrogens with one attached hydrogen (secondary N) is 1. The molecule has 2 aromatic rings. The lowest BCUT2D eigenvalue weighted by molar-refractivity contribution is 0.208. The zero-order chi connectivity index (χ0) is 18.5. The van der Waals surface area contributed by atoms with Gasteiger partial charge in [0.2, 0.25) is 5.95 Å². The lowest BCUT2D eigenvalue weighted by Gasteiger charge is -2.33. The van der Waals surface area contributed by atoms with Gasteiger partial charge in [-0.05, 0) is 37.1 Å². The first kappa shape index (κ1) is 18.7. The predicted octanol–water partition coefficient (Wildman–Crippen LogP) is 3.28. The maximum absolute atomic E-state index is 6.45. The normalized spacial score (nSPS) is 17.8. The number of nitrogens with zero attached hydrogens (tertiary/aromatic N) is 4. The Balaban J connectivity index is 1.64. The van der Waals surface area contributed by atoms with Crippen LogP contribution in [0.2, 0.25) is 5.02 Å². The average Bonchev–Trinajstić information content (AvgIpc) is 2.64. The summed E-state index contributed by atoms with van der Waals surface area (Å²) in [6.07, 6.45) is 4.07. The molecule has 1 N–H and O–H groups in total. The molecule has 0 bridgehead atoms. The molecule has 1 aromatic carbocycles. The molecule has 0 spiro atoms. The Morgan fingerprint density at radius 1 is 1.35 bits per heavy atom. The van der Waals surface area contributed by atoms with E-state index in [1.54, 1.807) is 13.3 Å². The second-order valence-corrected chi connectivity index (χ2v) is 7.17. The molecule has 1 aromatic heterocycles. The minimum absolute atomic E-state index is 0.359. The minimum Gasteiger partial charge on any atom is -0.495 e. The van der Waals surface area contributed by atoms with Crippen LogP contribution in [-0.2, 0) is 6.54 Å². The molecule has 140 valence electrons. The van der Waals surface area contributed by atoms with Gasteiger partial charge < -0.3 is 15.0 Å². The van der Waals surface area contributed by atoms with Gasteiger partial charge in [-0.1, -0.05) is 23.7 Å². The molecule has 1 aliphatic heterocycles. The molecule has 6 nitrogen and oxygen atoms in total. The van der Waals surface area contributed by atoms with E-state index < -0.39 is 0 Å². The number of aromatic nitrogens is 2. The van der Waals surface area contributed by atoms with Crippen molar-refractivity contribution in [2.45, 2.75) is 25.4 Å². The molecule has 1 saturated heterocycles. The molecule has 3 rings (SSSR count). The quantitative estimate of drug-likeness (QED) is 0.836. The van der Waals surface area contributed by atoms with E-state index in [4.69, 9.17) is 16.3 Å². The van der Waals surface area contributed by atoms with Crippen LogP contribution in [0.5, 0.6) is 5.75 Å². The summed E-state index contributed by atoms with van der Waals surface area (Å²) in [5, 5.41) is 4.26. The van der Waals surface area contributed by atoms with Crippen molar-refractivity contribution in [3.8, 4) is 5.75 Å². The van der Waals surface area contributed by atoms with Gasteiger partial charge in [0.1, 0.15) is 11.6 Å². The van der Waals surface area contributed by atoms with Gasteiger partial charge in [-0.3, -0.25) is 4.90 Å². The highest BCUT2D eigenvalue weighted by atomic mass is 35.5. The van der Waals surface area contributed by atoms with Crippen molar-refractivity contribution in [1.82, 2.24) is 14.9 Å². The van der Waals surface area contributed by atoms with E-state index in [0.29, 0.717) is 17.0 Å². The van der Waals surface area contributed by atoms with E-state index in [1.165, 1.54) is 0 Å². The molecule has 1 aliphatic rings. The topological polar surface area (TPSA) is 53.5 Å². The maximum atomic E-state index is 6.45. The lowest BCUT2D eigenvalue weighted by Crippen LogP contribution is -2.41. The van der Waals surface area contributed by atoms with Gasteiger partial charge in [0.05, 0.1) is 12.1 Å². The molecule has 0 radical (unpaired) electrons. The summed E-state index contributed by atoms with van der Waals surface area (Å²) in [4.78, 5) is 13.2. The number of methoxy groups -OCH3 is 1. The Morgan fingerprint density at radius 3 is 2.96 bits per heavy atom. The van der Waals surface area contributed by atoms with E-state index >= 15 is 0 Å². The summed E-state index contributed by atoms with van der Waals surface area (Å²) in [6.45, 7) is 2.84. The Labute approximate surface area is 160 Å². The van der Waals surface area contributed by atoms with E-state index in [2.05, 4.69) is 26.3 Å². The summed E-state index contributed by atoms with van der Waals surface area (Å²) in [5.41, 5.74) is 1.10. The fourth-order valence-electron chi connectivity index (χ4n) is 3.25. The average molecular weight is 376 g/mol. The number of ether oxygens (including phenoxy) is 1. The molecule has 2 heterocycles. The number of benzene rings is 1. The van der Waals surface area contributed by atoms with Gasteiger partial charge in [0.25, 0.3) is 0 Å². The Bertz CT molecular complexity index is 740. The van der Waals surface area contributed by atoms with Crippen LogP contribution in [0.25, 0.3) is 0 Å². The first-order chi connectivity index (χ1) is 12.6. The van der Waals surface area contributed by atoms with Gasteiger partial charge in [-0.15, -0.1) is 0 Å². The maximum Gasteiger partial charge on any atom is 0.226 e. The van der Waals surface area contributed by atoms with Crippen molar-refractivity contribution < 1.29 is 4.74 Å². The van der Waals surface area contributed by atoms with Crippen molar-refractivity contribution in [2.75, 3.05) is 44.5 Å². The van der Waals surface area contributed by atoms with Gasteiger partial charge in [0.15, 0.2) is 0 Å². The molecule has 0 saturated carbocycles. The van der Waals surface area contributed by atoms with Crippen LogP contribution >= 0.6 is 11.6 Å². The summed E-state index contributed by atoms with van der Waals surface area (Å²) in [6, 6.07) is 8.23. The SMILES string of the molecule is COc1cccc(CN2CCCC(Nc3ccnc(N(C)C)n3)C2)c1Cl. The third kappa shape index (κ3) is 4.56. The fraction of sp³-hybridized carbons (Fsp3) is 0.474. The second-order valence-electron chi connectivity index (χ2n) is 6.79. The van der Waals surface area contributed by atoms with Crippen LogP contribution in [0, 0.1) is 0 Å². The van der Waals surface area contributed by atoms with E-state index in [9.17, 15) is 0 Å². The van der Waals surface area contributed by atoms with E-state index in [0.717, 1.165) is 49.6 Å². The predicted molar refractivity (Wildman–Crippen MR) is 106 cm³/mol. The van der Waals surface area contributed by atoms with Crippen molar-refractivity contribution in [3.63, 3.8) is 0 Å². The fourth-order valence-corrected chi connectivity index (χ4v) is 3.51. The Morgan fingerprint density at radius 2 is 2.19 bits per heavy atom. The van der Waals surface area contributed by atoms with Crippen LogP contribution in [-0.4, -0.2) is 55.2 Å².